The quantitative estimate of drug-likeness (QED) is 0.663. The number of aryl methyl sites for hydroxylation is 1. The van der Waals surface area contributed by atoms with Crippen LogP contribution in [0.25, 0.3) is 0 Å². The number of aliphatic carboxylic acids is 1. The second-order valence-electron chi connectivity index (χ2n) is 8.84. The Morgan fingerprint density at radius 1 is 0.938 bits per heavy atom. The molecule has 0 radical (unpaired) electrons. The van der Waals surface area contributed by atoms with Crippen LogP contribution in [0.3, 0.4) is 0 Å². The summed E-state index contributed by atoms with van der Waals surface area (Å²) >= 11 is 0. The first kappa shape index (κ1) is 22.8. The van der Waals surface area contributed by atoms with Crippen LogP contribution in [0, 0.1) is 17.8 Å². The highest BCUT2D eigenvalue weighted by atomic mass is 19.4. The van der Waals surface area contributed by atoms with Gasteiger partial charge in [0.1, 0.15) is 0 Å². The van der Waals surface area contributed by atoms with Crippen molar-refractivity contribution in [2.75, 3.05) is 13.1 Å². The van der Waals surface area contributed by atoms with Crippen LogP contribution in [0.5, 0.6) is 0 Å². The highest BCUT2D eigenvalue weighted by molar-refractivity contribution is 5.83. The Morgan fingerprint density at radius 3 is 2.12 bits per heavy atom. The van der Waals surface area contributed by atoms with Crippen LogP contribution >= 0.6 is 0 Å². The van der Waals surface area contributed by atoms with E-state index in [1.54, 1.807) is 0 Å². The molecule has 3 aliphatic rings. The van der Waals surface area contributed by atoms with Crippen molar-refractivity contribution >= 4 is 11.9 Å². The third-order valence-electron chi connectivity index (χ3n) is 7.15. The summed E-state index contributed by atoms with van der Waals surface area (Å²) in [5.74, 6) is -2.44. The van der Waals surface area contributed by atoms with E-state index < -0.39 is 35.5 Å². The third-order valence-corrected chi connectivity index (χ3v) is 7.15. The first-order valence-corrected chi connectivity index (χ1v) is 10.2. The SMILES string of the molecule is O=C(O)C1CN(C(=O)[C@@H]2CCC3c4ccc(C(F)(C(F)(F)F)C(F)(F)F)cc4CCC32)C1. The number of amides is 1. The van der Waals surface area contributed by atoms with E-state index >= 15 is 0 Å². The smallest absolute Gasteiger partial charge is 0.435 e. The van der Waals surface area contributed by atoms with Gasteiger partial charge in [-0.05, 0) is 48.6 Å². The molecule has 0 spiro atoms. The zero-order valence-electron chi connectivity index (χ0n) is 16.6. The molecule has 1 aromatic rings. The lowest BCUT2D eigenvalue weighted by atomic mass is 9.73. The van der Waals surface area contributed by atoms with Crippen molar-refractivity contribution in [3.63, 3.8) is 0 Å². The number of alkyl halides is 7. The molecule has 11 heteroatoms. The molecule has 1 N–H and O–H groups in total. The molecule has 176 valence electrons. The maximum atomic E-state index is 14.4. The normalized spacial score (nSPS) is 26.3. The molecule has 2 aliphatic carbocycles. The van der Waals surface area contributed by atoms with Crippen molar-refractivity contribution in [3.8, 4) is 0 Å². The van der Waals surface area contributed by atoms with Gasteiger partial charge < -0.3 is 10.0 Å². The molecule has 4 rings (SSSR count). The predicted octanol–water partition coefficient (Wildman–Crippen LogP) is 4.58. The van der Waals surface area contributed by atoms with Crippen molar-refractivity contribution in [1.82, 2.24) is 4.90 Å². The fourth-order valence-electron chi connectivity index (χ4n) is 5.42. The molecule has 2 fully saturated rings. The van der Waals surface area contributed by atoms with E-state index in [-0.39, 0.29) is 48.7 Å². The summed E-state index contributed by atoms with van der Waals surface area (Å²) in [4.78, 5) is 25.2. The van der Waals surface area contributed by atoms with Gasteiger partial charge in [-0.2, -0.15) is 26.3 Å². The van der Waals surface area contributed by atoms with E-state index in [0.717, 1.165) is 6.07 Å². The van der Waals surface area contributed by atoms with Crippen molar-refractivity contribution < 1.29 is 45.4 Å². The number of rotatable bonds is 3. The first-order valence-electron chi connectivity index (χ1n) is 10.2. The Labute approximate surface area is 178 Å². The zero-order chi connectivity index (χ0) is 23.6. The van der Waals surface area contributed by atoms with Crippen molar-refractivity contribution in [2.45, 2.75) is 49.6 Å². The van der Waals surface area contributed by atoms with Crippen molar-refractivity contribution in [3.05, 3.63) is 34.9 Å². The maximum Gasteiger partial charge on any atom is 0.435 e. The van der Waals surface area contributed by atoms with Gasteiger partial charge in [0, 0.05) is 24.6 Å². The summed E-state index contributed by atoms with van der Waals surface area (Å²) in [5, 5.41) is 8.97. The largest absolute Gasteiger partial charge is 0.481 e. The molecular weight excluding hydrogens is 447 g/mol. The Kier molecular flexibility index (Phi) is 5.24. The third kappa shape index (κ3) is 3.35. The van der Waals surface area contributed by atoms with Crippen LogP contribution in [0.15, 0.2) is 18.2 Å². The molecule has 1 heterocycles. The number of fused-ring (bicyclic) bond motifs is 3. The molecule has 0 bridgehead atoms. The minimum atomic E-state index is -6.16. The van der Waals surface area contributed by atoms with E-state index in [0.29, 0.717) is 37.0 Å². The van der Waals surface area contributed by atoms with Crippen LogP contribution in [-0.4, -0.2) is 47.3 Å². The maximum absolute atomic E-state index is 14.4. The van der Waals surface area contributed by atoms with Crippen LogP contribution in [0.1, 0.15) is 41.9 Å². The fraction of sp³-hybridized carbons (Fsp3) is 0.619. The number of carbonyl (C=O) groups excluding carboxylic acids is 1. The molecular formula is C21H20F7NO3. The highest BCUT2D eigenvalue weighted by Gasteiger charge is 2.73. The van der Waals surface area contributed by atoms with E-state index in [9.17, 15) is 40.3 Å². The molecule has 1 saturated heterocycles. The van der Waals surface area contributed by atoms with Gasteiger partial charge in [0.2, 0.25) is 5.91 Å². The summed E-state index contributed by atoms with van der Waals surface area (Å²) < 4.78 is 93.0. The number of halogens is 7. The van der Waals surface area contributed by atoms with Gasteiger partial charge in [-0.15, -0.1) is 0 Å². The number of nitrogens with zero attached hydrogens (tertiary/aromatic N) is 1. The lowest BCUT2D eigenvalue weighted by Gasteiger charge is -2.40. The average molecular weight is 467 g/mol. The van der Waals surface area contributed by atoms with Gasteiger partial charge in [-0.3, -0.25) is 9.59 Å². The molecule has 1 amide bonds. The molecule has 0 aromatic heterocycles. The Morgan fingerprint density at radius 2 is 1.56 bits per heavy atom. The number of benzene rings is 1. The molecule has 32 heavy (non-hydrogen) atoms. The monoisotopic (exact) mass is 467 g/mol. The summed E-state index contributed by atoms with van der Waals surface area (Å²) in [6.07, 6.45) is -10.8. The topological polar surface area (TPSA) is 57.6 Å². The Hall–Kier alpha value is -2.33. The van der Waals surface area contributed by atoms with Gasteiger partial charge in [0.15, 0.2) is 0 Å². The van der Waals surface area contributed by atoms with E-state index in [1.165, 1.54) is 4.90 Å². The summed E-state index contributed by atoms with van der Waals surface area (Å²) in [5.41, 5.74) is -6.15. The Bertz CT molecular complexity index is 922. The number of carboxylic acids is 1. The fourth-order valence-corrected chi connectivity index (χ4v) is 5.42. The number of carboxylic acid groups (broad SMARTS) is 1. The Balaban J connectivity index is 1.57. The number of carbonyl (C=O) groups is 2. The molecule has 3 atom stereocenters. The molecule has 1 aromatic carbocycles. The summed E-state index contributed by atoms with van der Waals surface area (Å²) in [6.45, 7) is 0.269. The number of likely N-dealkylation sites (tertiary alicyclic amines) is 1. The van der Waals surface area contributed by atoms with Gasteiger partial charge in [0.05, 0.1) is 5.92 Å². The average Bonchev–Trinajstić information content (AvgIpc) is 3.07. The summed E-state index contributed by atoms with van der Waals surface area (Å²) in [6, 6.07) is 2.34. The second kappa shape index (κ2) is 7.34. The second-order valence-corrected chi connectivity index (χ2v) is 8.84. The minimum Gasteiger partial charge on any atom is -0.481 e. The van der Waals surface area contributed by atoms with Crippen molar-refractivity contribution in [2.24, 2.45) is 17.8 Å². The molecule has 2 unspecified atom stereocenters. The lowest BCUT2D eigenvalue weighted by Crippen LogP contribution is -2.55. The van der Waals surface area contributed by atoms with E-state index in [4.69, 9.17) is 5.11 Å². The minimum absolute atomic E-state index is 0.134. The van der Waals surface area contributed by atoms with Gasteiger partial charge in [0.25, 0.3) is 0 Å². The lowest BCUT2D eigenvalue weighted by molar-refractivity contribution is -0.348. The van der Waals surface area contributed by atoms with Crippen LogP contribution in [0.4, 0.5) is 30.7 Å². The predicted molar refractivity (Wildman–Crippen MR) is 96.3 cm³/mol. The van der Waals surface area contributed by atoms with Crippen LogP contribution in [0.2, 0.25) is 0 Å². The molecule has 4 nitrogen and oxygen atoms in total. The standard InChI is InChI=1S/C21H20F7NO3/c22-19(20(23,24)25,21(26,27)28)12-2-4-13-10(7-12)1-3-15-14(13)5-6-16(15)17(30)29-8-11(9-29)18(31)32/h2,4,7,11,14-16H,1,3,5-6,8-9H2,(H,31,32)/t14?,15?,16-/m1/s1. The zero-order valence-corrected chi connectivity index (χ0v) is 16.6. The van der Waals surface area contributed by atoms with Crippen LogP contribution in [-0.2, 0) is 21.7 Å². The van der Waals surface area contributed by atoms with E-state index in [1.807, 2.05) is 0 Å². The van der Waals surface area contributed by atoms with Gasteiger partial charge >= 0.3 is 24.0 Å². The number of hydrogen-bond acceptors (Lipinski definition) is 2. The molecule has 1 saturated carbocycles. The van der Waals surface area contributed by atoms with Crippen LogP contribution < -0.4 is 0 Å². The highest BCUT2D eigenvalue weighted by Crippen LogP contribution is 2.55. The molecule has 1 aliphatic heterocycles. The summed E-state index contributed by atoms with van der Waals surface area (Å²) in [7, 11) is 0. The van der Waals surface area contributed by atoms with E-state index in [2.05, 4.69) is 0 Å². The number of hydrogen-bond donors (Lipinski definition) is 1. The van der Waals surface area contributed by atoms with Gasteiger partial charge in [-0.1, -0.05) is 18.2 Å². The van der Waals surface area contributed by atoms with Gasteiger partial charge in [-0.25, -0.2) is 4.39 Å². The first-order chi connectivity index (χ1) is 14.8. The van der Waals surface area contributed by atoms with Crippen molar-refractivity contribution in [1.29, 1.82) is 0 Å².